The minimum Gasteiger partial charge on any atom is -0.466 e. The van der Waals surface area contributed by atoms with Crippen molar-refractivity contribution in [3.05, 3.63) is 29.3 Å². The fourth-order valence-electron chi connectivity index (χ4n) is 4.88. The lowest BCUT2D eigenvalue weighted by Crippen LogP contribution is -2.49. The number of esters is 1. The largest absolute Gasteiger partial charge is 0.466 e. The predicted octanol–water partition coefficient (Wildman–Crippen LogP) is 4.98. The van der Waals surface area contributed by atoms with Crippen molar-refractivity contribution in [2.24, 2.45) is 17.6 Å². The fourth-order valence-corrected chi connectivity index (χ4v) is 4.88. The van der Waals surface area contributed by atoms with Crippen LogP contribution in [0.15, 0.2) is 18.2 Å². The third kappa shape index (κ3) is 5.22. The maximum Gasteiger partial charge on any atom is 0.416 e. The lowest BCUT2D eigenvalue weighted by atomic mass is 9.79. The molecule has 2 atom stereocenters. The number of amides is 1. The Morgan fingerprint density at radius 3 is 2.42 bits per heavy atom. The lowest BCUT2D eigenvalue weighted by Gasteiger charge is -2.42. The van der Waals surface area contributed by atoms with E-state index in [2.05, 4.69) is 0 Å². The van der Waals surface area contributed by atoms with Gasteiger partial charge in [-0.1, -0.05) is 6.92 Å². The molecule has 2 N–H and O–H groups in total. The number of anilines is 1. The first kappa shape index (κ1) is 23.6. The molecule has 0 aromatic heterocycles. The highest BCUT2D eigenvalue weighted by Crippen LogP contribution is 2.42. The first-order chi connectivity index (χ1) is 14.7. The van der Waals surface area contributed by atoms with E-state index in [0.717, 1.165) is 25.0 Å². The van der Waals surface area contributed by atoms with Crippen LogP contribution in [0.3, 0.4) is 0 Å². The summed E-state index contributed by atoms with van der Waals surface area (Å²) >= 11 is 0. The molecular weight excluding hydrogens is 409 g/mol. The molecule has 1 aromatic rings. The number of nitrogens with zero attached hydrogens (tertiary/aromatic N) is 1. The van der Waals surface area contributed by atoms with Crippen molar-refractivity contribution in [1.82, 2.24) is 0 Å². The molecule has 1 aliphatic carbocycles. The summed E-state index contributed by atoms with van der Waals surface area (Å²) in [5.74, 6) is -0.240. The van der Waals surface area contributed by atoms with Gasteiger partial charge < -0.3 is 15.4 Å². The van der Waals surface area contributed by atoms with Gasteiger partial charge in [0.25, 0.3) is 0 Å². The average molecular weight is 441 g/mol. The van der Waals surface area contributed by atoms with Crippen molar-refractivity contribution in [3.8, 4) is 0 Å². The Hall–Kier alpha value is -2.09. The Bertz CT molecular complexity index is 804. The lowest BCUT2D eigenvalue weighted by molar-refractivity contribution is -0.144. The van der Waals surface area contributed by atoms with Crippen molar-refractivity contribution < 1.29 is 27.5 Å². The van der Waals surface area contributed by atoms with Gasteiger partial charge in [0.05, 0.1) is 12.2 Å². The average Bonchev–Trinajstić information content (AvgIpc) is 2.73. The smallest absolute Gasteiger partial charge is 0.416 e. The molecule has 3 rings (SSSR count). The molecule has 0 saturated heterocycles. The van der Waals surface area contributed by atoms with Crippen molar-refractivity contribution in [3.63, 3.8) is 0 Å². The molecular formula is C23H31F3N2O3. The monoisotopic (exact) mass is 440 g/mol. The van der Waals surface area contributed by atoms with Crippen LogP contribution in [0, 0.1) is 11.8 Å². The van der Waals surface area contributed by atoms with Gasteiger partial charge in [-0.2, -0.15) is 13.2 Å². The zero-order valence-electron chi connectivity index (χ0n) is 18.1. The number of hydrogen-bond donors (Lipinski definition) is 1. The molecule has 1 aromatic carbocycles. The molecule has 5 nitrogen and oxygen atoms in total. The van der Waals surface area contributed by atoms with E-state index in [-0.39, 0.29) is 29.8 Å². The van der Waals surface area contributed by atoms with E-state index < -0.39 is 17.8 Å². The highest BCUT2D eigenvalue weighted by molar-refractivity contribution is 5.97. The summed E-state index contributed by atoms with van der Waals surface area (Å²) in [5, 5.41) is 0. The second kappa shape index (κ2) is 9.59. The SMILES string of the molecule is CCOC(=O)CC1CCC(C(=O)N2c3ccc(C(F)(F)F)cc3C(N)C[C@H]2CC)CC1. The van der Waals surface area contributed by atoms with Crippen LogP contribution >= 0.6 is 0 Å². The molecule has 1 saturated carbocycles. The number of alkyl halides is 3. The highest BCUT2D eigenvalue weighted by Gasteiger charge is 2.40. The standard InChI is InChI=1S/C23H31F3N2O3/c1-3-17-13-19(27)18-12-16(23(24,25)26)9-10-20(18)28(17)22(30)15-7-5-14(6-8-15)11-21(29)31-4-2/h9-10,12,14-15,17,19H,3-8,11,13,27H2,1-2H3/t14?,15?,17-,19?/m1/s1. The van der Waals surface area contributed by atoms with E-state index in [0.29, 0.717) is 50.0 Å². The van der Waals surface area contributed by atoms with Crippen LogP contribution in [0.5, 0.6) is 0 Å². The van der Waals surface area contributed by atoms with Crippen LogP contribution in [-0.2, 0) is 20.5 Å². The Kier molecular flexibility index (Phi) is 7.29. The zero-order chi connectivity index (χ0) is 22.8. The summed E-state index contributed by atoms with van der Waals surface area (Å²) in [5.41, 5.74) is 6.33. The number of halogens is 3. The number of nitrogens with two attached hydrogens (primary N) is 1. The molecule has 172 valence electrons. The van der Waals surface area contributed by atoms with Crippen LogP contribution in [0.4, 0.5) is 18.9 Å². The van der Waals surface area contributed by atoms with Crippen LogP contribution in [0.25, 0.3) is 0 Å². The quantitative estimate of drug-likeness (QED) is 0.656. The van der Waals surface area contributed by atoms with Gasteiger partial charge in [0.1, 0.15) is 0 Å². The Labute approximate surface area is 181 Å². The summed E-state index contributed by atoms with van der Waals surface area (Å²) in [7, 11) is 0. The van der Waals surface area contributed by atoms with Crippen LogP contribution in [-0.4, -0.2) is 24.5 Å². The van der Waals surface area contributed by atoms with Gasteiger partial charge in [0, 0.05) is 30.1 Å². The molecule has 8 heteroatoms. The number of fused-ring (bicyclic) bond motifs is 1. The van der Waals surface area contributed by atoms with Crippen LogP contribution in [0.1, 0.15) is 76.0 Å². The minimum absolute atomic E-state index is 0.0469. The van der Waals surface area contributed by atoms with E-state index in [1.54, 1.807) is 11.8 Å². The number of ether oxygens (including phenoxy) is 1. The molecule has 2 aliphatic rings. The molecule has 1 heterocycles. The molecule has 31 heavy (non-hydrogen) atoms. The summed E-state index contributed by atoms with van der Waals surface area (Å²) in [4.78, 5) is 26.9. The number of rotatable bonds is 5. The van der Waals surface area contributed by atoms with E-state index in [4.69, 9.17) is 10.5 Å². The number of carbonyl (C=O) groups excluding carboxylic acids is 2. The number of benzene rings is 1. The highest BCUT2D eigenvalue weighted by atomic mass is 19.4. The van der Waals surface area contributed by atoms with Crippen molar-refractivity contribution in [2.45, 2.75) is 77.1 Å². The van der Waals surface area contributed by atoms with Gasteiger partial charge in [-0.15, -0.1) is 0 Å². The van der Waals surface area contributed by atoms with Crippen molar-refractivity contribution >= 4 is 17.6 Å². The predicted molar refractivity (Wildman–Crippen MR) is 111 cm³/mol. The van der Waals surface area contributed by atoms with E-state index in [9.17, 15) is 22.8 Å². The zero-order valence-corrected chi connectivity index (χ0v) is 18.1. The second-order valence-electron chi connectivity index (χ2n) is 8.61. The van der Waals surface area contributed by atoms with Gasteiger partial charge in [0.15, 0.2) is 0 Å². The third-order valence-electron chi connectivity index (χ3n) is 6.57. The summed E-state index contributed by atoms with van der Waals surface area (Å²) in [6.07, 6.45) is -0.114. The molecule has 0 bridgehead atoms. The molecule has 0 spiro atoms. The molecule has 1 aliphatic heterocycles. The Morgan fingerprint density at radius 1 is 1.16 bits per heavy atom. The molecule has 0 radical (unpaired) electrons. The summed E-state index contributed by atoms with van der Waals surface area (Å²) in [6, 6.07) is 2.84. The normalized spacial score (nSPS) is 26.3. The van der Waals surface area contributed by atoms with Crippen LogP contribution < -0.4 is 10.6 Å². The van der Waals surface area contributed by atoms with Gasteiger partial charge in [-0.05, 0) is 75.1 Å². The maximum atomic E-state index is 13.5. The first-order valence-corrected chi connectivity index (χ1v) is 11.1. The number of hydrogen-bond acceptors (Lipinski definition) is 4. The van der Waals surface area contributed by atoms with Gasteiger partial charge in [-0.25, -0.2) is 0 Å². The first-order valence-electron chi connectivity index (χ1n) is 11.1. The number of carbonyl (C=O) groups is 2. The molecule has 1 unspecified atom stereocenters. The van der Waals surface area contributed by atoms with E-state index in [1.807, 2.05) is 6.92 Å². The Morgan fingerprint density at radius 2 is 1.84 bits per heavy atom. The summed E-state index contributed by atoms with van der Waals surface area (Å²) < 4.78 is 44.6. The van der Waals surface area contributed by atoms with Crippen molar-refractivity contribution in [1.29, 1.82) is 0 Å². The maximum absolute atomic E-state index is 13.5. The van der Waals surface area contributed by atoms with Gasteiger partial charge in [-0.3, -0.25) is 9.59 Å². The van der Waals surface area contributed by atoms with Gasteiger partial charge >= 0.3 is 12.1 Å². The van der Waals surface area contributed by atoms with Gasteiger partial charge in [0.2, 0.25) is 5.91 Å². The van der Waals surface area contributed by atoms with Crippen LogP contribution in [0.2, 0.25) is 0 Å². The molecule has 1 amide bonds. The fraction of sp³-hybridized carbons (Fsp3) is 0.652. The van der Waals surface area contributed by atoms with Crippen molar-refractivity contribution in [2.75, 3.05) is 11.5 Å². The Balaban J connectivity index is 1.77. The van der Waals surface area contributed by atoms with E-state index in [1.165, 1.54) is 6.07 Å². The third-order valence-corrected chi connectivity index (χ3v) is 6.57. The summed E-state index contributed by atoms with van der Waals surface area (Å²) in [6.45, 7) is 4.10. The second-order valence-corrected chi connectivity index (χ2v) is 8.61. The molecule has 1 fully saturated rings. The minimum atomic E-state index is -4.46. The topological polar surface area (TPSA) is 72.6 Å². The van der Waals surface area contributed by atoms with E-state index >= 15 is 0 Å².